The number of fused-ring (bicyclic) bond motifs is 6. The minimum Gasteiger partial charge on any atom is -0.470 e. The number of hydrogen-bond donors (Lipinski definition) is 0. The van der Waals surface area contributed by atoms with Crippen molar-refractivity contribution in [3.63, 3.8) is 0 Å². The Balaban J connectivity index is 1.61. The van der Waals surface area contributed by atoms with Crippen LogP contribution < -0.4 is 14.2 Å². The van der Waals surface area contributed by atoms with Gasteiger partial charge in [0.15, 0.2) is 18.7 Å². The normalized spacial score (nSPS) is 23.9. The molecule has 0 saturated carbocycles. The van der Waals surface area contributed by atoms with Gasteiger partial charge in [-0.05, 0) is 54.6 Å². The highest BCUT2D eigenvalue weighted by Crippen LogP contribution is 2.56. The summed E-state index contributed by atoms with van der Waals surface area (Å²) in [6, 6.07) is 16.6. The lowest BCUT2D eigenvalue weighted by Crippen LogP contribution is -2.50. The highest BCUT2D eigenvalue weighted by molar-refractivity contribution is 6.31. The molecule has 4 nitrogen and oxygen atoms in total. The average molecular weight is 433 g/mol. The summed E-state index contributed by atoms with van der Waals surface area (Å²) in [5.74, 6) is 2.17. The maximum absolute atomic E-state index is 6.37. The summed E-state index contributed by atoms with van der Waals surface area (Å²) < 4.78 is 19.1. The predicted octanol–water partition coefficient (Wildman–Crippen LogP) is 6.52. The molecule has 3 aromatic carbocycles. The van der Waals surface area contributed by atoms with Crippen LogP contribution in [-0.4, -0.2) is 4.90 Å². The van der Waals surface area contributed by atoms with Crippen LogP contribution in [0.2, 0.25) is 15.1 Å². The van der Waals surface area contributed by atoms with Crippen LogP contribution in [0.3, 0.4) is 0 Å². The molecule has 3 aromatic rings. The highest BCUT2D eigenvalue weighted by atomic mass is 35.5. The molecule has 6 rings (SSSR count). The van der Waals surface area contributed by atoms with E-state index in [0.29, 0.717) is 15.1 Å². The van der Waals surface area contributed by atoms with Gasteiger partial charge in [0.1, 0.15) is 17.2 Å². The Labute approximate surface area is 176 Å². The molecule has 0 amide bonds. The van der Waals surface area contributed by atoms with Crippen molar-refractivity contribution < 1.29 is 14.2 Å². The molecule has 0 saturated heterocycles. The van der Waals surface area contributed by atoms with Gasteiger partial charge in [-0.3, -0.25) is 0 Å². The van der Waals surface area contributed by atoms with E-state index in [9.17, 15) is 0 Å². The zero-order chi connectivity index (χ0) is 19.0. The second-order valence-corrected chi connectivity index (χ2v) is 8.21. The van der Waals surface area contributed by atoms with Crippen molar-refractivity contribution in [1.29, 1.82) is 0 Å². The van der Waals surface area contributed by atoms with Gasteiger partial charge in [0.25, 0.3) is 0 Å². The van der Waals surface area contributed by atoms with E-state index in [1.165, 1.54) is 0 Å². The largest absolute Gasteiger partial charge is 0.470 e. The number of halogens is 3. The number of rotatable bonds is 0. The molecule has 3 atom stereocenters. The van der Waals surface area contributed by atoms with Gasteiger partial charge in [-0.15, -0.1) is 0 Å². The Morgan fingerprint density at radius 1 is 0.536 bits per heavy atom. The summed E-state index contributed by atoms with van der Waals surface area (Å²) in [4.78, 5) is 2.04. The smallest absolute Gasteiger partial charge is 0.188 e. The molecule has 3 aliphatic heterocycles. The second-order valence-electron chi connectivity index (χ2n) is 6.90. The van der Waals surface area contributed by atoms with Crippen molar-refractivity contribution in [2.45, 2.75) is 18.7 Å². The SMILES string of the molecule is Clc1ccc2c(c1)[C@H]1Oc3ccc(Cl)cc3[C@H]3Oc4ccc(Cl)cc4[C@@H](O2)N13. The Morgan fingerprint density at radius 3 is 1.18 bits per heavy atom. The number of nitrogens with zero attached hydrogens (tertiary/aromatic N) is 1. The summed E-state index contributed by atoms with van der Waals surface area (Å²) in [6.07, 6.45) is -1.25. The fraction of sp³-hybridized carbons (Fsp3) is 0.143. The van der Waals surface area contributed by atoms with E-state index in [1.54, 1.807) is 0 Å². The molecule has 0 N–H and O–H groups in total. The zero-order valence-corrected chi connectivity index (χ0v) is 16.5. The minimum absolute atomic E-state index is 0.418. The summed E-state index contributed by atoms with van der Waals surface area (Å²) in [5, 5.41) is 1.85. The van der Waals surface area contributed by atoms with Crippen LogP contribution in [0, 0.1) is 0 Å². The molecule has 7 heteroatoms. The maximum Gasteiger partial charge on any atom is 0.188 e. The molecule has 0 radical (unpaired) electrons. The number of ether oxygens (including phenoxy) is 3. The molecule has 0 unspecified atom stereocenters. The summed E-state index contributed by atoms with van der Waals surface area (Å²) in [6.45, 7) is 0. The Kier molecular flexibility index (Phi) is 3.57. The van der Waals surface area contributed by atoms with Crippen molar-refractivity contribution in [2.24, 2.45) is 0 Å². The van der Waals surface area contributed by atoms with Crippen LogP contribution in [0.4, 0.5) is 0 Å². The van der Waals surface area contributed by atoms with Gasteiger partial charge in [0, 0.05) is 15.1 Å². The Bertz CT molecular complexity index is 994. The van der Waals surface area contributed by atoms with E-state index in [2.05, 4.69) is 0 Å². The van der Waals surface area contributed by atoms with E-state index in [4.69, 9.17) is 49.0 Å². The van der Waals surface area contributed by atoms with Crippen LogP contribution in [0.1, 0.15) is 35.4 Å². The van der Waals surface area contributed by atoms with Crippen molar-refractivity contribution in [3.05, 3.63) is 86.4 Å². The van der Waals surface area contributed by atoms with E-state index < -0.39 is 18.7 Å². The van der Waals surface area contributed by atoms with E-state index in [-0.39, 0.29) is 0 Å². The molecule has 0 aliphatic carbocycles. The lowest BCUT2D eigenvalue weighted by atomic mass is 9.99. The average Bonchev–Trinajstić information content (AvgIpc) is 2.69. The standard InChI is InChI=1S/C21H12Cl3NO3/c22-10-1-4-16-13(7-10)19-25-20(26-16)14-8-11(23)2-5-17(14)28-21(25)15-9-12(24)3-6-18(15)27-19/h1-9,19-21H/t19-,20-,21-/m1/s1. The molecular weight excluding hydrogens is 421 g/mol. The van der Waals surface area contributed by atoms with Crippen LogP contribution in [0.15, 0.2) is 54.6 Å². The predicted molar refractivity (Wildman–Crippen MR) is 106 cm³/mol. The topological polar surface area (TPSA) is 30.9 Å². The van der Waals surface area contributed by atoms with Crippen LogP contribution in [0.5, 0.6) is 17.2 Å². The third kappa shape index (κ3) is 2.36. The van der Waals surface area contributed by atoms with Gasteiger partial charge in [0.05, 0.1) is 16.7 Å². The minimum atomic E-state index is -0.418. The van der Waals surface area contributed by atoms with Crippen LogP contribution in [-0.2, 0) is 0 Å². The molecule has 28 heavy (non-hydrogen) atoms. The van der Waals surface area contributed by atoms with Crippen molar-refractivity contribution >= 4 is 34.8 Å². The lowest BCUT2D eigenvalue weighted by molar-refractivity contribution is -0.202. The molecule has 0 bridgehead atoms. The number of benzene rings is 3. The summed E-state index contributed by atoms with van der Waals surface area (Å²) in [5.41, 5.74) is 2.55. The molecule has 140 valence electrons. The second kappa shape index (κ2) is 5.94. The van der Waals surface area contributed by atoms with E-state index in [1.807, 2.05) is 59.5 Å². The summed E-state index contributed by atoms with van der Waals surface area (Å²) >= 11 is 18.8. The highest BCUT2D eigenvalue weighted by Gasteiger charge is 2.51. The molecule has 0 fully saturated rings. The van der Waals surface area contributed by atoms with Crippen LogP contribution in [0.25, 0.3) is 0 Å². The van der Waals surface area contributed by atoms with Gasteiger partial charge in [-0.1, -0.05) is 34.8 Å². The van der Waals surface area contributed by atoms with Crippen LogP contribution >= 0.6 is 34.8 Å². The molecule has 0 spiro atoms. The molecular formula is C21H12Cl3NO3. The Hall–Kier alpha value is -2.11. The molecule has 3 heterocycles. The first kappa shape index (κ1) is 16.8. The van der Waals surface area contributed by atoms with Gasteiger partial charge in [-0.2, -0.15) is 4.90 Å². The molecule has 3 aliphatic rings. The van der Waals surface area contributed by atoms with Crippen molar-refractivity contribution in [3.8, 4) is 17.2 Å². The quantitative estimate of drug-likeness (QED) is 0.404. The monoisotopic (exact) mass is 431 g/mol. The lowest BCUT2D eigenvalue weighted by Gasteiger charge is -2.51. The van der Waals surface area contributed by atoms with Gasteiger partial charge in [-0.25, -0.2) is 0 Å². The van der Waals surface area contributed by atoms with E-state index >= 15 is 0 Å². The first-order valence-electron chi connectivity index (χ1n) is 8.74. The van der Waals surface area contributed by atoms with Crippen molar-refractivity contribution in [2.75, 3.05) is 0 Å². The third-order valence-electron chi connectivity index (χ3n) is 5.24. The molecule has 0 aromatic heterocycles. The first-order chi connectivity index (χ1) is 13.6. The van der Waals surface area contributed by atoms with Gasteiger partial charge >= 0.3 is 0 Å². The fourth-order valence-corrected chi connectivity index (χ4v) is 4.59. The fourth-order valence-electron chi connectivity index (χ4n) is 4.04. The Morgan fingerprint density at radius 2 is 0.857 bits per heavy atom. The number of hydrogen-bond acceptors (Lipinski definition) is 4. The maximum atomic E-state index is 6.37. The van der Waals surface area contributed by atoms with Gasteiger partial charge in [0.2, 0.25) is 0 Å². The third-order valence-corrected chi connectivity index (χ3v) is 5.95. The first-order valence-corrected chi connectivity index (χ1v) is 9.88. The van der Waals surface area contributed by atoms with Gasteiger partial charge < -0.3 is 14.2 Å². The van der Waals surface area contributed by atoms with Crippen molar-refractivity contribution in [1.82, 2.24) is 4.90 Å². The zero-order valence-electron chi connectivity index (χ0n) is 14.2. The van der Waals surface area contributed by atoms with E-state index in [0.717, 1.165) is 33.9 Å². The summed E-state index contributed by atoms with van der Waals surface area (Å²) in [7, 11) is 0.